The van der Waals surface area contributed by atoms with E-state index in [1.807, 2.05) is 49.6 Å². The zero-order chi connectivity index (χ0) is 16.7. The lowest BCUT2D eigenvalue weighted by molar-refractivity contribution is -0.122. The number of rotatable bonds is 8. The minimum atomic E-state index is -0.581. The lowest BCUT2D eigenvalue weighted by Crippen LogP contribution is -2.42. The number of carbonyl (C=O) groups is 1. The number of nitrogens with one attached hydrogen (secondary N) is 1. The van der Waals surface area contributed by atoms with Gasteiger partial charge < -0.3 is 10.4 Å². The molecule has 1 amide bonds. The lowest BCUT2D eigenvalue weighted by Gasteiger charge is -2.20. The van der Waals surface area contributed by atoms with Crippen molar-refractivity contribution in [3.8, 4) is 0 Å². The highest BCUT2D eigenvalue weighted by Crippen LogP contribution is 2.11. The van der Waals surface area contributed by atoms with Crippen molar-refractivity contribution in [3.05, 3.63) is 52.0 Å². The first kappa shape index (κ1) is 17.6. The number of amides is 1. The molecule has 0 saturated carbocycles. The molecular formula is C18H24N2O2S. The minimum absolute atomic E-state index is 0.0171. The number of aromatic nitrogens is 1. The molecule has 1 aromatic carbocycles. The molecule has 0 fully saturated rings. The van der Waals surface area contributed by atoms with Gasteiger partial charge in [-0.3, -0.25) is 4.79 Å². The Bertz CT molecular complexity index is 612. The standard InChI is InChI=1S/C18H24N2O2S/c1-13(17(21)11-15-7-4-3-5-8-15)19-18(22)10-6-9-16-12-23-14(2)20-16/h3-5,7-8,12-13,17,21H,6,9-11H2,1-2H3,(H,19,22). The average Bonchev–Trinajstić information content (AvgIpc) is 2.93. The van der Waals surface area contributed by atoms with E-state index in [1.165, 1.54) is 0 Å². The van der Waals surface area contributed by atoms with Crippen molar-refractivity contribution >= 4 is 17.2 Å². The van der Waals surface area contributed by atoms with Crippen molar-refractivity contribution in [1.29, 1.82) is 0 Å². The fourth-order valence-corrected chi connectivity index (χ4v) is 3.05. The number of carbonyl (C=O) groups excluding carboxylic acids is 1. The second-order valence-corrected chi connectivity index (χ2v) is 6.89. The topological polar surface area (TPSA) is 62.2 Å². The van der Waals surface area contributed by atoms with Crippen molar-refractivity contribution < 1.29 is 9.90 Å². The minimum Gasteiger partial charge on any atom is -0.391 e. The third-order valence-corrected chi connectivity index (χ3v) is 4.58. The second kappa shape index (κ2) is 8.79. The maximum Gasteiger partial charge on any atom is 0.220 e. The summed E-state index contributed by atoms with van der Waals surface area (Å²) < 4.78 is 0. The number of hydrogen-bond acceptors (Lipinski definition) is 4. The molecule has 0 saturated heterocycles. The van der Waals surface area contributed by atoms with Crippen LogP contribution in [0.5, 0.6) is 0 Å². The summed E-state index contributed by atoms with van der Waals surface area (Å²) in [6.07, 6.45) is 2.01. The predicted octanol–water partition coefficient (Wildman–Crippen LogP) is 2.88. The summed E-state index contributed by atoms with van der Waals surface area (Å²) in [4.78, 5) is 16.4. The van der Waals surface area contributed by atoms with Crippen LogP contribution < -0.4 is 5.32 Å². The van der Waals surface area contributed by atoms with Gasteiger partial charge in [0.15, 0.2) is 0 Å². The number of aliphatic hydroxyl groups is 1. The smallest absolute Gasteiger partial charge is 0.220 e. The van der Waals surface area contributed by atoms with E-state index in [4.69, 9.17) is 0 Å². The van der Waals surface area contributed by atoms with Gasteiger partial charge in [0.2, 0.25) is 5.91 Å². The van der Waals surface area contributed by atoms with Crippen LogP contribution in [0.1, 0.15) is 36.0 Å². The number of aliphatic hydroxyl groups excluding tert-OH is 1. The highest BCUT2D eigenvalue weighted by molar-refractivity contribution is 7.09. The second-order valence-electron chi connectivity index (χ2n) is 5.82. The van der Waals surface area contributed by atoms with E-state index in [-0.39, 0.29) is 11.9 Å². The van der Waals surface area contributed by atoms with Crippen LogP contribution in [0.2, 0.25) is 0 Å². The first-order chi connectivity index (χ1) is 11.0. The number of hydrogen-bond donors (Lipinski definition) is 2. The highest BCUT2D eigenvalue weighted by Gasteiger charge is 2.16. The maximum absolute atomic E-state index is 12.0. The Kier molecular flexibility index (Phi) is 6.74. The summed E-state index contributed by atoms with van der Waals surface area (Å²) in [5, 5.41) is 16.2. The van der Waals surface area contributed by atoms with Gasteiger partial charge in [0.05, 0.1) is 22.8 Å². The van der Waals surface area contributed by atoms with E-state index in [0.717, 1.165) is 29.1 Å². The maximum atomic E-state index is 12.0. The molecule has 5 heteroatoms. The molecule has 1 heterocycles. The Labute approximate surface area is 141 Å². The molecule has 23 heavy (non-hydrogen) atoms. The molecule has 0 aliphatic rings. The summed E-state index contributed by atoms with van der Waals surface area (Å²) in [6, 6.07) is 9.55. The first-order valence-corrected chi connectivity index (χ1v) is 8.85. The number of nitrogens with zero attached hydrogens (tertiary/aromatic N) is 1. The quantitative estimate of drug-likeness (QED) is 0.781. The van der Waals surface area contributed by atoms with Crippen LogP contribution in [0.4, 0.5) is 0 Å². The lowest BCUT2D eigenvalue weighted by atomic mass is 10.0. The number of thiazole rings is 1. The third kappa shape index (κ3) is 6.12. The van der Waals surface area contributed by atoms with E-state index in [1.54, 1.807) is 11.3 Å². The third-order valence-electron chi connectivity index (χ3n) is 3.76. The first-order valence-electron chi connectivity index (χ1n) is 7.97. The zero-order valence-corrected chi connectivity index (χ0v) is 14.5. The van der Waals surface area contributed by atoms with E-state index in [0.29, 0.717) is 12.8 Å². The van der Waals surface area contributed by atoms with Gasteiger partial charge in [0.25, 0.3) is 0 Å². The van der Waals surface area contributed by atoms with Gasteiger partial charge >= 0.3 is 0 Å². The molecule has 2 atom stereocenters. The molecule has 124 valence electrons. The molecule has 0 bridgehead atoms. The van der Waals surface area contributed by atoms with Gasteiger partial charge in [-0.25, -0.2) is 4.98 Å². The van der Waals surface area contributed by atoms with E-state index >= 15 is 0 Å². The van der Waals surface area contributed by atoms with Gasteiger partial charge in [-0.05, 0) is 32.3 Å². The highest BCUT2D eigenvalue weighted by atomic mass is 32.1. The average molecular weight is 332 g/mol. The molecule has 0 radical (unpaired) electrons. The summed E-state index contributed by atoms with van der Waals surface area (Å²) in [5.74, 6) is -0.0171. The Morgan fingerprint density at radius 1 is 1.35 bits per heavy atom. The largest absolute Gasteiger partial charge is 0.391 e. The van der Waals surface area contributed by atoms with Gasteiger partial charge in [0.1, 0.15) is 0 Å². The molecule has 2 aromatic rings. The molecule has 0 spiro atoms. The SMILES string of the molecule is Cc1nc(CCCC(=O)NC(C)C(O)Cc2ccccc2)cs1. The van der Waals surface area contributed by atoms with Crippen molar-refractivity contribution in [2.45, 2.75) is 51.7 Å². The van der Waals surface area contributed by atoms with Gasteiger partial charge in [-0.15, -0.1) is 11.3 Å². The van der Waals surface area contributed by atoms with Gasteiger partial charge in [-0.1, -0.05) is 30.3 Å². The van der Waals surface area contributed by atoms with E-state index in [9.17, 15) is 9.90 Å². The molecule has 1 aromatic heterocycles. The number of aryl methyl sites for hydroxylation is 2. The molecule has 2 rings (SSSR count). The Balaban J connectivity index is 1.69. The van der Waals surface area contributed by atoms with Crippen LogP contribution in [0, 0.1) is 6.92 Å². The Morgan fingerprint density at radius 2 is 2.09 bits per heavy atom. The van der Waals surface area contributed by atoms with E-state index < -0.39 is 6.10 Å². The zero-order valence-electron chi connectivity index (χ0n) is 13.7. The molecule has 4 nitrogen and oxygen atoms in total. The predicted molar refractivity (Wildman–Crippen MR) is 93.5 cm³/mol. The summed E-state index contributed by atoms with van der Waals surface area (Å²) >= 11 is 1.63. The fraction of sp³-hybridized carbons (Fsp3) is 0.444. The van der Waals surface area contributed by atoms with Crippen molar-refractivity contribution in [3.63, 3.8) is 0 Å². The summed E-state index contributed by atoms with van der Waals surface area (Å²) in [5.41, 5.74) is 2.12. The molecule has 2 unspecified atom stereocenters. The summed E-state index contributed by atoms with van der Waals surface area (Å²) in [6.45, 7) is 3.83. The van der Waals surface area contributed by atoms with Crippen molar-refractivity contribution in [1.82, 2.24) is 10.3 Å². The fourth-order valence-electron chi connectivity index (χ4n) is 2.41. The van der Waals surface area contributed by atoms with Crippen LogP contribution >= 0.6 is 11.3 Å². The van der Waals surface area contributed by atoms with Crippen LogP contribution in [-0.2, 0) is 17.6 Å². The molecule has 0 aliphatic heterocycles. The van der Waals surface area contributed by atoms with Crippen LogP contribution in [0.15, 0.2) is 35.7 Å². The van der Waals surface area contributed by atoms with Crippen molar-refractivity contribution in [2.75, 3.05) is 0 Å². The normalized spacial score (nSPS) is 13.5. The van der Waals surface area contributed by atoms with Gasteiger partial charge in [0, 0.05) is 18.2 Å². The van der Waals surface area contributed by atoms with Gasteiger partial charge in [-0.2, -0.15) is 0 Å². The monoisotopic (exact) mass is 332 g/mol. The van der Waals surface area contributed by atoms with E-state index in [2.05, 4.69) is 10.3 Å². The van der Waals surface area contributed by atoms with Crippen molar-refractivity contribution in [2.24, 2.45) is 0 Å². The number of benzene rings is 1. The molecule has 0 aliphatic carbocycles. The molecular weight excluding hydrogens is 308 g/mol. The Morgan fingerprint density at radius 3 is 2.74 bits per heavy atom. The van der Waals surface area contributed by atoms with Crippen LogP contribution in [0.3, 0.4) is 0 Å². The molecule has 2 N–H and O–H groups in total. The summed E-state index contributed by atoms with van der Waals surface area (Å²) in [7, 11) is 0. The van der Waals surface area contributed by atoms with Crippen LogP contribution in [0.25, 0.3) is 0 Å². The Hall–Kier alpha value is -1.72. The van der Waals surface area contributed by atoms with Crippen LogP contribution in [-0.4, -0.2) is 28.1 Å².